The Bertz CT molecular complexity index is 2790. The van der Waals surface area contributed by atoms with Crippen molar-refractivity contribution in [1.82, 2.24) is 14.5 Å². The van der Waals surface area contributed by atoms with Crippen LogP contribution in [0.1, 0.15) is 0 Å². The first-order valence-electron chi connectivity index (χ1n) is 15.5. The van der Waals surface area contributed by atoms with Gasteiger partial charge in [-0.2, -0.15) is 0 Å². The third-order valence-electron chi connectivity index (χ3n) is 9.18. The fourth-order valence-electron chi connectivity index (χ4n) is 7.09. The van der Waals surface area contributed by atoms with E-state index >= 15 is 0 Å². The minimum absolute atomic E-state index is 0.734. The molecule has 0 aliphatic rings. The normalized spacial score (nSPS) is 11.9. The fraction of sp³-hybridized carbons (Fsp3) is 0. The molecule has 3 nitrogen and oxygen atoms in total. The molecule has 0 unspecified atom stereocenters. The van der Waals surface area contributed by atoms with E-state index in [0.717, 1.165) is 39.2 Å². The lowest BCUT2D eigenvalue weighted by atomic mass is 10.0. The van der Waals surface area contributed by atoms with Crippen LogP contribution in [-0.4, -0.2) is 14.5 Å². The molecule has 10 aromatic rings. The van der Waals surface area contributed by atoms with Crippen molar-refractivity contribution in [3.63, 3.8) is 0 Å². The Balaban J connectivity index is 1.29. The molecule has 0 saturated carbocycles. The van der Waals surface area contributed by atoms with E-state index in [9.17, 15) is 0 Å². The highest BCUT2D eigenvalue weighted by Gasteiger charge is 2.19. The van der Waals surface area contributed by atoms with Crippen LogP contribution in [0.2, 0.25) is 0 Å². The largest absolute Gasteiger partial charge is 0.309 e. The van der Waals surface area contributed by atoms with E-state index < -0.39 is 0 Å². The average molecular weight is 604 g/mol. The number of fused-ring (bicyclic) bond motifs is 10. The molecule has 0 fully saturated rings. The summed E-state index contributed by atoms with van der Waals surface area (Å²) in [6, 6.07) is 54.0. The molecular formula is C42H25N3S. The topological polar surface area (TPSA) is 30.7 Å². The number of thiophene rings is 1. The van der Waals surface area contributed by atoms with Crippen molar-refractivity contribution < 1.29 is 0 Å². The Labute approximate surface area is 268 Å². The summed E-state index contributed by atoms with van der Waals surface area (Å²) in [7, 11) is 0. The predicted molar refractivity (Wildman–Crippen MR) is 195 cm³/mol. The van der Waals surface area contributed by atoms with Crippen LogP contribution >= 0.6 is 11.3 Å². The molecule has 10 rings (SSSR count). The van der Waals surface area contributed by atoms with Crippen molar-refractivity contribution >= 4 is 75.0 Å². The molecule has 0 bridgehead atoms. The van der Waals surface area contributed by atoms with Crippen molar-refractivity contribution in [2.45, 2.75) is 0 Å². The van der Waals surface area contributed by atoms with E-state index in [1.807, 2.05) is 11.3 Å². The number of nitrogens with zero attached hydrogens (tertiary/aromatic N) is 3. The Kier molecular flexibility index (Phi) is 5.45. The molecule has 0 aliphatic heterocycles. The summed E-state index contributed by atoms with van der Waals surface area (Å²) >= 11 is 1.85. The van der Waals surface area contributed by atoms with Gasteiger partial charge in [0.1, 0.15) is 0 Å². The Hall–Kier alpha value is -5.84. The molecule has 4 heteroatoms. The third kappa shape index (κ3) is 3.71. The molecule has 0 saturated heterocycles. The molecule has 0 radical (unpaired) electrons. The van der Waals surface area contributed by atoms with Gasteiger partial charge >= 0.3 is 0 Å². The van der Waals surface area contributed by atoms with Gasteiger partial charge < -0.3 is 4.57 Å². The molecule has 0 atom stereocenters. The van der Waals surface area contributed by atoms with Crippen LogP contribution in [0.5, 0.6) is 0 Å². The molecule has 214 valence electrons. The standard InChI is InChI=1S/C42H25N3S/c1-3-12-27(13-4-1)39-33-22-24-37-38(32-21-19-26-11-7-8-16-30(26)41(32)46-37)40(33)44-42(43-39)28-20-23-36-34(25-28)31-17-9-10-18-35(31)45(36)29-14-5-2-6-15-29/h1-25H. The van der Waals surface area contributed by atoms with Gasteiger partial charge in [-0.05, 0) is 59.3 Å². The summed E-state index contributed by atoms with van der Waals surface area (Å²) < 4.78 is 4.89. The maximum Gasteiger partial charge on any atom is 0.160 e. The van der Waals surface area contributed by atoms with Crippen molar-refractivity contribution in [2.24, 2.45) is 0 Å². The Morgan fingerprint density at radius 3 is 2.07 bits per heavy atom. The van der Waals surface area contributed by atoms with E-state index in [0.29, 0.717) is 0 Å². The number of hydrogen-bond acceptors (Lipinski definition) is 3. The van der Waals surface area contributed by atoms with Crippen LogP contribution in [0.25, 0.3) is 92.0 Å². The highest BCUT2D eigenvalue weighted by molar-refractivity contribution is 7.26. The minimum Gasteiger partial charge on any atom is -0.309 e. The zero-order valence-electron chi connectivity index (χ0n) is 24.7. The number of rotatable bonds is 3. The second kappa shape index (κ2) is 9.83. The predicted octanol–water partition coefficient (Wildman–Crippen LogP) is 11.6. The van der Waals surface area contributed by atoms with E-state index in [1.54, 1.807) is 0 Å². The molecule has 46 heavy (non-hydrogen) atoms. The van der Waals surface area contributed by atoms with Crippen LogP contribution in [0.15, 0.2) is 152 Å². The zero-order valence-corrected chi connectivity index (χ0v) is 25.5. The van der Waals surface area contributed by atoms with Gasteiger partial charge in [0.2, 0.25) is 0 Å². The average Bonchev–Trinajstić information content (AvgIpc) is 3.68. The Morgan fingerprint density at radius 2 is 1.20 bits per heavy atom. The second-order valence-electron chi connectivity index (χ2n) is 11.8. The summed E-state index contributed by atoms with van der Waals surface area (Å²) in [5.41, 5.74) is 7.53. The van der Waals surface area contributed by atoms with Gasteiger partial charge in [0.05, 0.1) is 22.2 Å². The van der Waals surface area contributed by atoms with E-state index in [2.05, 4.69) is 156 Å². The van der Waals surface area contributed by atoms with Crippen molar-refractivity contribution in [1.29, 1.82) is 0 Å². The first-order valence-corrected chi connectivity index (χ1v) is 16.3. The van der Waals surface area contributed by atoms with Gasteiger partial charge in [0.25, 0.3) is 0 Å². The monoisotopic (exact) mass is 603 g/mol. The molecule has 3 aromatic heterocycles. The van der Waals surface area contributed by atoms with Gasteiger partial charge in [0, 0.05) is 53.1 Å². The number of hydrogen-bond donors (Lipinski definition) is 0. The van der Waals surface area contributed by atoms with Gasteiger partial charge in [-0.15, -0.1) is 11.3 Å². The molecule has 0 aliphatic carbocycles. The van der Waals surface area contributed by atoms with Crippen molar-refractivity contribution in [2.75, 3.05) is 0 Å². The lowest BCUT2D eigenvalue weighted by Gasteiger charge is -2.11. The van der Waals surface area contributed by atoms with Crippen LogP contribution in [-0.2, 0) is 0 Å². The Morgan fingerprint density at radius 1 is 0.478 bits per heavy atom. The van der Waals surface area contributed by atoms with Crippen molar-refractivity contribution in [3.8, 4) is 28.3 Å². The minimum atomic E-state index is 0.734. The molecule has 3 heterocycles. The molecule has 0 N–H and O–H groups in total. The quantitative estimate of drug-likeness (QED) is 0.201. The fourth-order valence-corrected chi connectivity index (χ4v) is 8.34. The van der Waals surface area contributed by atoms with Crippen LogP contribution in [0, 0.1) is 0 Å². The van der Waals surface area contributed by atoms with Gasteiger partial charge in [-0.25, -0.2) is 9.97 Å². The number of para-hydroxylation sites is 2. The summed E-state index contributed by atoms with van der Waals surface area (Å²) in [6.45, 7) is 0. The summed E-state index contributed by atoms with van der Waals surface area (Å²) in [4.78, 5) is 10.7. The SMILES string of the molecule is c1ccc(-c2nc(-c3ccc4c(c3)c3ccccc3n4-c3ccccc3)nc3c2ccc2sc4c5ccccc5ccc4c23)cc1. The maximum atomic E-state index is 5.40. The van der Waals surface area contributed by atoms with E-state index in [4.69, 9.17) is 9.97 Å². The van der Waals surface area contributed by atoms with Gasteiger partial charge in [0.15, 0.2) is 5.82 Å². The van der Waals surface area contributed by atoms with E-state index in [1.165, 1.54) is 52.8 Å². The summed E-state index contributed by atoms with van der Waals surface area (Å²) in [5.74, 6) is 0.734. The zero-order chi connectivity index (χ0) is 30.2. The van der Waals surface area contributed by atoms with Gasteiger partial charge in [-0.1, -0.05) is 103 Å². The van der Waals surface area contributed by atoms with Crippen LogP contribution < -0.4 is 0 Å². The van der Waals surface area contributed by atoms with Crippen LogP contribution in [0.4, 0.5) is 0 Å². The first-order chi connectivity index (χ1) is 22.8. The number of benzene rings is 7. The maximum absolute atomic E-state index is 5.40. The summed E-state index contributed by atoms with van der Waals surface area (Å²) in [5, 5.41) is 8.46. The first kappa shape index (κ1) is 25.5. The van der Waals surface area contributed by atoms with Crippen molar-refractivity contribution in [3.05, 3.63) is 152 Å². The second-order valence-corrected chi connectivity index (χ2v) is 12.8. The number of aromatic nitrogens is 3. The van der Waals surface area contributed by atoms with Gasteiger partial charge in [-0.3, -0.25) is 0 Å². The lowest BCUT2D eigenvalue weighted by Crippen LogP contribution is -1.96. The highest BCUT2D eigenvalue weighted by Crippen LogP contribution is 2.43. The molecule has 0 amide bonds. The lowest BCUT2D eigenvalue weighted by molar-refractivity contribution is 1.18. The smallest absolute Gasteiger partial charge is 0.160 e. The highest BCUT2D eigenvalue weighted by atomic mass is 32.1. The third-order valence-corrected chi connectivity index (χ3v) is 10.4. The summed E-state index contributed by atoms with van der Waals surface area (Å²) in [6.07, 6.45) is 0. The van der Waals surface area contributed by atoms with E-state index in [-0.39, 0.29) is 0 Å². The molecule has 7 aromatic carbocycles. The molecule has 0 spiro atoms. The molecular weight excluding hydrogens is 579 g/mol. The van der Waals surface area contributed by atoms with Crippen LogP contribution in [0.3, 0.4) is 0 Å².